The van der Waals surface area contributed by atoms with E-state index in [1.807, 2.05) is 23.1 Å². The van der Waals surface area contributed by atoms with Crippen molar-refractivity contribution in [3.05, 3.63) is 18.2 Å². The van der Waals surface area contributed by atoms with Crippen molar-refractivity contribution in [2.24, 2.45) is 5.92 Å². The first-order valence-corrected chi connectivity index (χ1v) is 9.12. The van der Waals surface area contributed by atoms with Gasteiger partial charge in [0.05, 0.1) is 29.3 Å². The maximum absolute atomic E-state index is 12.5. The van der Waals surface area contributed by atoms with E-state index in [1.165, 1.54) is 0 Å². The van der Waals surface area contributed by atoms with Crippen LogP contribution in [0.4, 0.5) is 5.13 Å². The molecule has 2 aliphatic rings. The Labute approximate surface area is 144 Å². The average Bonchev–Trinajstić information content (AvgIpc) is 2.96. The summed E-state index contributed by atoms with van der Waals surface area (Å²) in [5.74, 6) is 1.09. The highest BCUT2D eigenvalue weighted by atomic mass is 32.1. The molecular weight excluding hydrogens is 326 g/mol. The Morgan fingerprint density at radius 2 is 2.08 bits per heavy atom. The van der Waals surface area contributed by atoms with Crippen LogP contribution >= 0.6 is 11.3 Å². The molecule has 0 unspecified atom stereocenters. The predicted molar refractivity (Wildman–Crippen MR) is 93.7 cm³/mol. The molecule has 2 fully saturated rings. The number of carbonyl (C=O) groups is 1. The second-order valence-corrected chi connectivity index (χ2v) is 7.50. The van der Waals surface area contributed by atoms with Gasteiger partial charge in [0.15, 0.2) is 5.13 Å². The number of amides is 1. The normalized spacial score (nSPS) is 19.6. The van der Waals surface area contributed by atoms with Gasteiger partial charge in [-0.2, -0.15) is 0 Å². The van der Waals surface area contributed by atoms with Gasteiger partial charge in [-0.25, -0.2) is 4.98 Å². The number of nitrogens with zero attached hydrogens (tertiary/aromatic N) is 3. The number of methoxy groups -OCH3 is 1. The lowest BCUT2D eigenvalue weighted by atomic mass is 9.97. The average molecular weight is 347 g/mol. The minimum atomic E-state index is -0.244. The molecule has 1 amide bonds. The number of aromatic nitrogens is 1. The highest BCUT2D eigenvalue weighted by Gasteiger charge is 2.37. The number of hydrogen-bond donors (Lipinski definition) is 1. The maximum atomic E-state index is 12.5. The minimum Gasteiger partial charge on any atom is -0.497 e. The molecule has 1 aromatic carbocycles. The summed E-state index contributed by atoms with van der Waals surface area (Å²) in [5.41, 5.74) is 0.939. The molecule has 3 heterocycles. The number of rotatable bonds is 3. The van der Waals surface area contributed by atoms with Gasteiger partial charge < -0.3 is 19.6 Å². The topological polar surface area (TPSA) is 65.9 Å². The standard InChI is InChI=1S/C17H21N3O3S/c1-23-13-2-3-15-14(8-13)18-17(24-15)20-9-11(10-20)16(22)19-6-4-12(21)5-7-19/h2-3,8,11-12,21H,4-7,9-10H2,1H3. The van der Waals surface area contributed by atoms with Crippen molar-refractivity contribution in [2.45, 2.75) is 18.9 Å². The van der Waals surface area contributed by atoms with Crippen LogP contribution in [0.15, 0.2) is 18.2 Å². The first-order chi connectivity index (χ1) is 11.6. The fourth-order valence-corrected chi connectivity index (χ4v) is 4.26. The van der Waals surface area contributed by atoms with Crippen LogP contribution in [-0.2, 0) is 4.79 Å². The largest absolute Gasteiger partial charge is 0.497 e. The zero-order chi connectivity index (χ0) is 16.7. The van der Waals surface area contributed by atoms with Gasteiger partial charge in [-0.1, -0.05) is 11.3 Å². The van der Waals surface area contributed by atoms with E-state index in [1.54, 1.807) is 18.4 Å². The molecule has 2 aliphatic heterocycles. The summed E-state index contributed by atoms with van der Waals surface area (Å²) in [5, 5.41) is 10.5. The molecule has 2 aromatic rings. The number of aliphatic hydroxyl groups excluding tert-OH is 1. The van der Waals surface area contributed by atoms with Gasteiger partial charge in [0, 0.05) is 32.2 Å². The van der Waals surface area contributed by atoms with Crippen LogP contribution in [-0.4, -0.2) is 60.3 Å². The number of benzene rings is 1. The number of likely N-dealkylation sites (tertiary alicyclic amines) is 1. The van der Waals surface area contributed by atoms with Crippen LogP contribution in [0.1, 0.15) is 12.8 Å². The smallest absolute Gasteiger partial charge is 0.229 e. The molecule has 2 saturated heterocycles. The van der Waals surface area contributed by atoms with Crippen molar-refractivity contribution in [3.63, 3.8) is 0 Å². The fourth-order valence-electron chi connectivity index (χ4n) is 3.29. The van der Waals surface area contributed by atoms with Gasteiger partial charge in [-0.3, -0.25) is 4.79 Å². The van der Waals surface area contributed by atoms with E-state index in [9.17, 15) is 9.90 Å². The Hall–Kier alpha value is -1.86. The molecule has 0 atom stereocenters. The van der Waals surface area contributed by atoms with Gasteiger partial charge in [0.2, 0.25) is 5.91 Å². The quantitative estimate of drug-likeness (QED) is 0.916. The highest BCUT2D eigenvalue weighted by molar-refractivity contribution is 7.22. The Kier molecular flexibility index (Phi) is 4.05. The van der Waals surface area contributed by atoms with Gasteiger partial charge in [-0.05, 0) is 25.0 Å². The number of ether oxygens (including phenoxy) is 1. The summed E-state index contributed by atoms with van der Waals surface area (Å²) in [6, 6.07) is 5.91. The van der Waals surface area contributed by atoms with Crippen LogP contribution < -0.4 is 9.64 Å². The predicted octanol–water partition coefficient (Wildman–Crippen LogP) is 1.72. The molecule has 0 bridgehead atoms. The van der Waals surface area contributed by atoms with Crippen molar-refractivity contribution in [3.8, 4) is 5.75 Å². The summed E-state index contributed by atoms with van der Waals surface area (Å²) in [4.78, 5) is 21.2. The van der Waals surface area contributed by atoms with E-state index in [0.717, 1.165) is 34.2 Å². The zero-order valence-corrected chi connectivity index (χ0v) is 14.5. The second-order valence-electron chi connectivity index (χ2n) is 6.49. The summed E-state index contributed by atoms with van der Waals surface area (Å²) in [6.45, 7) is 2.82. The Bertz CT molecular complexity index is 749. The molecule has 1 aromatic heterocycles. The van der Waals surface area contributed by atoms with Crippen molar-refractivity contribution >= 4 is 32.6 Å². The van der Waals surface area contributed by atoms with E-state index in [4.69, 9.17) is 4.74 Å². The minimum absolute atomic E-state index is 0.0572. The third kappa shape index (κ3) is 2.82. The number of fused-ring (bicyclic) bond motifs is 1. The Balaban J connectivity index is 1.39. The number of aliphatic hydroxyl groups is 1. The first-order valence-electron chi connectivity index (χ1n) is 8.30. The van der Waals surface area contributed by atoms with Crippen molar-refractivity contribution in [1.82, 2.24) is 9.88 Å². The lowest BCUT2D eigenvalue weighted by Crippen LogP contribution is -2.56. The van der Waals surface area contributed by atoms with Gasteiger partial charge in [0.25, 0.3) is 0 Å². The molecular formula is C17H21N3O3S. The molecule has 0 aliphatic carbocycles. The van der Waals surface area contributed by atoms with Crippen molar-refractivity contribution < 1.29 is 14.6 Å². The lowest BCUT2D eigenvalue weighted by molar-refractivity contribution is -0.138. The van der Waals surface area contributed by atoms with Crippen molar-refractivity contribution in [1.29, 1.82) is 0 Å². The number of thiazole rings is 1. The molecule has 0 radical (unpaired) electrons. The monoisotopic (exact) mass is 347 g/mol. The fraction of sp³-hybridized carbons (Fsp3) is 0.529. The number of anilines is 1. The van der Waals surface area contributed by atoms with Crippen molar-refractivity contribution in [2.75, 3.05) is 38.2 Å². The van der Waals surface area contributed by atoms with E-state index in [0.29, 0.717) is 25.9 Å². The molecule has 128 valence electrons. The third-order valence-electron chi connectivity index (χ3n) is 4.86. The Morgan fingerprint density at radius 3 is 2.79 bits per heavy atom. The molecule has 4 rings (SSSR count). The Morgan fingerprint density at radius 1 is 1.33 bits per heavy atom. The van der Waals surface area contributed by atoms with Crippen LogP contribution in [0.5, 0.6) is 5.75 Å². The van der Waals surface area contributed by atoms with E-state index >= 15 is 0 Å². The SMILES string of the molecule is COc1ccc2sc(N3CC(C(=O)N4CCC(O)CC4)C3)nc2c1. The number of carbonyl (C=O) groups excluding carboxylic acids is 1. The van der Waals surface area contributed by atoms with Crippen LogP contribution in [0.2, 0.25) is 0 Å². The molecule has 1 N–H and O–H groups in total. The third-order valence-corrected chi connectivity index (χ3v) is 5.96. The van der Waals surface area contributed by atoms with E-state index in [2.05, 4.69) is 9.88 Å². The summed E-state index contributed by atoms with van der Waals surface area (Å²) in [7, 11) is 1.65. The summed E-state index contributed by atoms with van der Waals surface area (Å²) < 4.78 is 6.37. The lowest BCUT2D eigenvalue weighted by Gasteiger charge is -2.41. The molecule has 7 heteroatoms. The van der Waals surface area contributed by atoms with E-state index < -0.39 is 0 Å². The van der Waals surface area contributed by atoms with Gasteiger partial charge in [-0.15, -0.1) is 0 Å². The highest BCUT2D eigenvalue weighted by Crippen LogP contribution is 2.35. The first kappa shape index (κ1) is 15.7. The molecule has 0 spiro atoms. The van der Waals surface area contributed by atoms with Gasteiger partial charge >= 0.3 is 0 Å². The zero-order valence-electron chi connectivity index (χ0n) is 13.6. The molecule has 24 heavy (non-hydrogen) atoms. The number of piperidine rings is 1. The summed E-state index contributed by atoms with van der Waals surface area (Å²) in [6.07, 6.45) is 1.15. The molecule has 0 saturated carbocycles. The molecule has 6 nitrogen and oxygen atoms in total. The second kappa shape index (κ2) is 6.22. The summed E-state index contributed by atoms with van der Waals surface area (Å²) >= 11 is 1.65. The van der Waals surface area contributed by atoms with Gasteiger partial charge in [0.1, 0.15) is 5.75 Å². The van der Waals surface area contributed by atoms with E-state index in [-0.39, 0.29) is 17.9 Å². The maximum Gasteiger partial charge on any atom is 0.229 e. The van der Waals surface area contributed by atoms with Crippen LogP contribution in [0.3, 0.4) is 0 Å². The van der Waals surface area contributed by atoms with Crippen LogP contribution in [0.25, 0.3) is 10.2 Å². The van der Waals surface area contributed by atoms with Crippen LogP contribution in [0, 0.1) is 5.92 Å². The number of hydrogen-bond acceptors (Lipinski definition) is 6.